The lowest BCUT2D eigenvalue weighted by atomic mass is 9.95. The molecule has 1 aliphatic heterocycles. The monoisotopic (exact) mass is 360 g/mol. The molecular weight excluding hydrogens is 332 g/mol. The third-order valence-corrected chi connectivity index (χ3v) is 5.18. The lowest BCUT2D eigenvalue weighted by molar-refractivity contribution is -0.131. The standard InChI is InChI=1S/C18H28N6O2/c1-12-15(13(2)26-21-12)10-17(25)24-8-6-14(7-9-24)18-20-19-16(23(18)5)11-22(3)4/h14H,6-11H2,1-5H3. The minimum absolute atomic E-state index is 0.143. The van der Waals surface area contributed by atoms with Gasteiger partial charge in [0.1, 0.15) is 17.4 Å². The lowest BCUT2D eigenvalue weighted by Crippen LogP contribution is -2.39. The third kappa shape index (κ3) is 3.80. The summed E-state index contributed by atoms with van der Waals surface area (Å²) in [5.74, 6) is 3.23. The van der Waals surface area contributed by atoms with Crippen molar-refractivity contribution in [3.63, 3.8) is 0 Å². The number of carbonyl (C=O) groups is 1. The van der Waals surface area contributed by atoms with Crippen molar-refractivity contribution in [1.29, 1.82) is 0 Å². The van der Waals surface area contributed by atoms with Crippen LogP contribution in [0.4, 0.5) is 0 Å². The van der Waals surface area contributed by atoms with Crippen molar-refractivity contribution in [2.75, 3.05) is 27.2 Å². The number of hydrogen-bond donors (Lipinski definition) is 0. The zero-order valence-corrected chi connectivity index (χ0v) is 16.3. The number of likely N-dealkylation sites (tertiary alicyclic amines) is 1. The fourth-order valence-corrected chi connectivity index (χ4v) is 3.56. The summed E-state index contributed by atoms with van der Waals surface area (Å²) in [7, 11) is 6.08. The molecule has 0 aliphatic carbocycles. The number of aryl methyl sites for hydroxylation is 2. The van der Waals surface area contributed by atoms with E-state index in [1.165, 1.54) is 0 Å². The summed E-state index contributed by atoms with van der Waals surface area (Å²) in [5, 5.41) is 12.7. The van der Waals surface area contributed by atoms with Crippen molar-refractivity contribution in [2.24, 2.45) is 7.05 Å². The van der Waals surface area contributed by atoms with E-state index in [2.05, 4.69) is 24.8 Å². The summed E-state index contributed by atoms with van der Waals surface area (Å²) in [6.45, 7) is 6.02. The Kier molecular flexibility index (Phi) is 5.41. The number of piperidine rings is 1. The van der Waals surface area contributed by atoms with E-state index >= 15 is 0 Å². The third-order valence-electron chi connectivity index (χ3n) is 5.18. The van der Waals surface area contributed by atoms with Gasteiger partial charge in [-0.05, 0) is 40.8 Å². The van der Waals surface area contributed by atoms with Crippen molar-refractivity contribution >= 4 is 5.91 Å². The SMILES string of the molecule is Cc1noc(C)c1CC(=O)N1CCC(c2nnc(CN(C)C)n2C)CC1. The van der Waals surface area contributed by atoms with Gasteiger partial charge in [-0.1, -0.05) is 5.16 Å². The van der Waals surface area contributed by atoms with Crippen molar-refractivity contribution in [2.45, 2.75) is 45.6 Å². The molecule has 0 saturated carbocycles. The molecule has 0 radical (unpaired) electrons. The molecule has 26 heavy (non-hydrogen) atoms. The predicted molar refractivity (Wildman–Crippen MR) is 96.6 cm³/mol. The van der Waals surface area contributed by atoms with Gasteiger partial charge in [0, 0.05) is 31.6 Å². The summed E-state index contributed by atoms with van der Waals surface area (Å²) < 4.78 is 7.26. The number of aromatic nitrogens is 4. The number of nitrogens with zero attached hydrogens (tertiary/aromatic N) is 6. The highest BCUT2D eigenvalue weighted by molar-refractivity contribution is 5.79. The molecule has 3 rings (SSSR count). The van der Waals surface area contributed by atoms with E-state index in [1.807, 2.05) is 39.9 Å². The first kappa shape index (κ1) is 18.6. The average Bonchev–Trinajstić information content (AvgIpc) is 3.12. The Hall–Kier alpha value is -2.22. The molecule has 0 bridgehead atoms. The van der Waals surface area contributed by atoms with Crippen molar-refractivity contribution in [3.05, 3.63) is 28.7 Å². The van der Waals surface area contributed by atoms with E-state index in [4.69, 9.17) is 4.52 Å². The minimum atomic E-state index is 0.143. The topological polar surface area (TPSA) is 80.3 Å². The Bertz CT molecular complexity index is 751. The quantitative estimate of drug-likeness (QED) is 0.802. The molecule has 1 saturated heterocycles. The van der Waals surface area contributed by atoms with Gasteiger partial charge in [0.25, 0.3) is 0 Å². The zero-order valence-electron chi connectivity index (χ0n) is 16.3. The Morgan fingerprint density at radius 2 is 1.92 bits per heavy atom. The Labute approximate surface area is 154 Å². The van der Waals surface area contributed by atoms with Crippen LogP contribution in [0.1, 0.15) is 47.4 Å². The Balaban J connectivity index is 1.59. The van der Waals surface area contributed by atoms with Gasteiger partial charge in [0.2, 0.25) is 5.91 Å². The molecule has 1 fully saturated rings. The molecule has 0 N–H and O–H groups in total. The Morgan fingerprint density at radius 1 is 1.23 bits per heavy atom. The van der Waals surface area contributed by atoms with Crippen LogP contribution in [-0.2, 0) is 24.8 Å². The molecule has 8 heteroatoms. The molecule has 3 heterocycles. The normalized spacial score (nSPS) is 15.8. The van der Waals surface area contributed by atoms with Crippen LogP contribution in [0.25, 0.3) is 0 Å². The highest BCUT2D eigenvalue weighted by Gasteiger charge is 2.28. The van der Waals surface area contributed by atoms with Gasteiger partial charge >= 0.3 is 0 Å². The molecule has 142 valence electrons. The smallest absolute Gasteiger partial charge is 0.227 e. The second-order valence-corrected chi connectivity index (χ2v) is 7.41. The first-order valence-corrected chi connectivity index (χ1v) is 9.09. The first-order valence-electron chi connectivity index (χ1n) is 9.09. The predicted octanol–water partition coefficient (Wildman–Crippen LogP) is 1.43. The molecular formula is C18H28N6O2. The molecule has 2 aromatic rings. The van der Waals surface area contributed by atoms with Gasteiger partial charge in [-0.25, -0.2) is 0 Å². The first-order chi connectivity index (χ1) is 12.4. The summed E-state index contributed by atoms with van der Waals surface area (Å²) in [4.78, 5) is 16.7. The van der Waals surface area contributed by atoms with Gasteiger partial charge in [-0.2, -0.15) is 0 Å². The van der Waals surface area contributed by atoms with E-state index < -0.39 is 0 Å². The second-order valence-electron chi connectivity index (χ2n) is 7.41. The van der Waals surface area contributed by atoms with E-state index in [0.29, 0.717) is 12.3 Å². The van der Waals surface area contributed by atoms with Crippen LogP contribution < -0.4 is 0 Å². The van der Waals surface area contributed by atoms with Crippen molar-refractivity contribution in [1.82, 2.24) is 29.7 Å². The fraction of sp³-hybridized carbons (Fsp3) is 0.667. The van der Waals surface area contributed by atoms with Crippen LogP contribution in [0.3, 0.4) is 0 Å². The van der Waals surface area contributed by atoms with E-state index in [-0.39, 0.29) is 5.91 Å². The fourth-order valence-electron chi connectivity index (χ4n) is 3.56. The largest absolute Gasteiger partial charge is 0.361 e. The molecule has 0 spiro atoms. The number of carbonyl (C=O) groups excluding carboxylic acids is 1. The van der Waals surface area contributed by atoms with Crippen LogP contribution in [0.2, 0.25) is 0 Å². The highest BCUT2D eigenvalue weighted by Crippen LogP contribution is 2.27. The van der Waals surface area contributed by atoms with E-state index in [1.54, 1.807) is 0 Å². The highest BCUT2D eigenvalue weighted by atomic mass is 16.5. The van der Waals surface area contributed by atoms with Crippen LogP contribution in [0.5, 0.6) is 0 Å². The maximum Gasteiger partial charge on any atom is 0.227 e. The summed E-state index contributed by atoms with van der Waals surface area (Å²) in [6.07, 6.45) is 2.20. The lowest BCUT2D eigenvalue weighted by Gasteiger charge is -2.31. The summed E-state index contributed by atoms with van der Waals surface area (Å²) in [6, 6.07) is 0. The van der Waals surface area contributed by atoms with Gasteiger partial charge in [0.15, 0.2) is 0 Å². The average molecular weight is 360 g/mol. The minimum Gasteiger partial charge on any atom is -0.361 e. The molecule has 0 aromatic carbocycles. The molecule has 0 unspecified atom stereocenters. The van der Waals surface area contributed by atoms with Gasteiger partial charge in [0.05, 0.1) is 18.7 Å². The number of amides is 1. The summed E-state index contributed by atoms with van der Waals surface area (Å²) >= 11 is 0. The van der Waals surface area contributed by atoms with Gasteiger partial charge in [-0.3, -0.25) is 4.79 Å². The maximum atomic E-state index is 12.6. The van der Waals surface area contributed by atoms with Crippen molar-refractivity contribution in [3.8, 4) is 0 Å². The Morgan fingerprint density at radius 3 is 2.50 bits per heavy atom. The molecule has 8 nitrogen and oxygen atoms in total. The van der Waals surface area contributed by atoms with Crippen molar-refractivity contribution < 1.29 is 9.32 Å². The van der Waals surface area contributed by atoms with Gasteiger partial charge in [-0.15, -0.1) is 10.2 Å². The van der Waals surface area contributed by atoms with E-state index in [0.717, 1.165) is 61.1 Å². The van der Waals surface area contributed by atoms with Crippen LogP contribution in [0.15, 0.2) is 4.52 Å². The molecule has 2 aromatic heterocycles. The number of hydrogen-bond acceptors (Lipinski definition) is 6. The van der Waals surface area contributed by atoms with Crippen LogP contribution >= 0.6 is 0 Å². The van der Waals surface area contributed by atoms with E-state index in [9.17, 15) is 4.79 Å². The molecule has 1 aliphatic rings. The van der Waals surface area contributed by atoms with Gasteiger partial charge < -0.3 is 18.9 Å². The maximum absolute atomic E-state index is 12.6. The zero-order chi connectivity index (χ0) is 18.8. The molecule has 1 amide bonds. The molecule has 0 atom stereocenters. The summed E-state index contributed by atoms with van der Waals surface area (Å²) in [5.41, 5.74) is 1.72. The van der Waals surface area contributed by atoms with Crippen LogP contribution in [0, 0.1) is 13.8 Å². The number of rotatable bonds is 5. The van der Waals surface area contributed by atoms with Crippen LogP contribution in [-0.4, -0.2) is 62.8 Å². The second kappa shape index (κ2) is 7.57.